The molecular weight excluding hydrogens is 432 g/mol. The van der Waals surface area contributed by atoms with Crippen molar-refractivity contribution < 1.29 is 18.3 Å². The largest absolute Gasteiger partial charge is 0.497 e. The van der Waals surface area contributed by atoms with Crippen LogP contribution in [0.5, 0.6) is 5.75 Å². The van der Waals surface area contributed by atoms with Gasteiger partial charge in [0.2, 0.25) is 0 Å². The summed E-state index contributed by atoms with van der Waals surface area (Å²) < 4.78 is 34.4. The van der Waals surface area contributed by atoms with Crippen molar-refractivity contribution in [3.05, 3.63) is 64.5 Å². The molecule has 0 bridgehead atoms. The highest BCUT2D eigenvalue weighted by atomic mass is 32.1. The van der Waals surface area contributed by atoms with E-state index in [0.717, 1.165) is 24.2 Å². The molecule has 1 aromatic heterocycles. The van der Waals surface area contributed by atoms with E-state index >= 15 is 0 Å². The third-order valence-electron chi connectivity index (χ3n) is 5.51. The van der Waals surface area contributed by atoms with Crippen LogP contribution in [0.1, 0.15) is 28.1 Å². The van der Waals surface area contributed by atoms with E-state index in [4.69, 9.17) is 15.7 Å². The summed E-state index contributed by atoms with van der Waals surface area (Å²) in [5.41, 5.74) is 7.20. The summed E-state index contributed by atoms with van der Waals surface area (Å²) in [6.07, 6.45) is 1.69. The topological polar surface area (TPSA) is 79.3 Å². The summed E-state index contributed by atoms with van der Waals surface area (Å²) in [5, 5.41) is 9.03. The first kappa shape index (κ1) is 21.9. The van der Waals surface area contributed by atoms with Gasteiger partial charge in [0, 0.05) is 41.2 Å². The number of benzene rings is 2. The number of ether oxygens (including phenoxy) is 1. The Kier molecular flexibility index (Phi) is 6.21. The molecule has 0 aliphatic carbocycles. The van der Waals surface area contributed by atoms with E-state index in [1.54, 1.807) is 35.2 Å². The molecule has 3 aromatic rings. The lowest BCUT2D eigenvalue weighted by molar-refractivity contribution is 0.0714. The molecule has 2 N–H and O–H groups in total. The molecule has 0 radical (unpaired) electrons. The molecule has 2 heterocycles. The lowest BCUT2D eigenvalue weighted by Crippen LogP contribution is -2.45. The quantitative estimate of drug-likeness (QED) is 0.615. The third-order valence-corrected chi connectivity index (χ3v) is 6.67. The van der Waals surface area contributed by atoms with Crippen LogP contribution in [-0.2, 0) is 0 Å². The summed E-state index contributed by atoms with van der Waals surface area (Å²) in [6, 6.07) is 12.1. The zero-order chi connectivity index (χ0) is 22.8. The highest BCUT2D eigenvalue weighted by Crippen LogP contribution is 2.42. The SMILES string of the molecule is COc1ccc(-c2sc(C(=O)N3CCC[C@@H](N)C3)cc2-c2ccc(C#N)c(F)c2)c(F)c1. The van der Waals surface area contributed by atoms with Crippen molar-refractivity contribution >= 4 is 17.2 Å². The molecule has 1 aliphatic heterocycles. The molecule has 164 valence electrons. The van der Waals surface area contributed by atoms with Gasteiger partial charge in [-0.05, 0) is 48.7 Å². The first-order valence-corrected chi connectivity index (χ1v) is 11.0. The predicted octanol–water partition coefficient (Wildman–Crippen LogP) is 4.80. The molecule has 1 aliphatic rings. The minimum atomic E-state index is -0.674. The monoisotopic (exact) mass is 453 g/mol. The molecule has 2 aromatic carbocycles. The molecule has 0 saturated carbocycles. The average Bonchev–Trinajstić information content (AvgIpc) is 3.23. The number of nitrogens with zero attached hydrogens (tertiary/aromatic N) is 2. The zero-order valence-electron chi connectivity index (χ0n) is 17.4. The van der Waals surface area contributed by atoms with Gasteiger partial charge < -0.3 is 15.4 Å². The summed E-state index contributed by atoms with van der Waals surface area (Å²) in [5.74, 6) is -0.999. The number of nitriles is 1. The van der Waals surface area contributed by atoms with Crippen LogP contribution < -0.4 is 10.5 Å². The Balaban J connectivity index is 1.83. The Morgan fingerprint density at radius 3 is 2.66 bits per heavy atom. The van der Waals surface area contributed by atoms with Crippen LogP contribution in [0.3, 0.4) is 0 Å². The van der Waals surface area contributed by atoms with Gasteiger partial charge in [-0.15, -0.1) is 11.3 Å². The Morgan fingerprint density at radius 1 is 1.19 bits per heavy atom. The van der Waals surface area contributed by atoms with Crippen molar-refractivity contribution in [2.75, 3.05) is 20.2 Å². The second-order valence-electron chi connectivity index (χ2n) is 7.66. The van der Waals surface area contributed by atoms with Crippen LogP contribution in [0, 0.1) is 23.0 Å². The normalized spacial score (nSPS) is 16.0. The van der Waals surface area contributed by atoms with Gasteiger partial charge in [-0.1, -0.05) is 6.07 Å². The fourth-order valence-corrected chi connectivity index (χ4v) is 5.02. The molecule has 0 spiro atoms. The number of carbonyl (C=O) groups excluding carboxylic acids is 1. The van der Waals surface area contributed by atoms with E-state index in [2.05, 4.69) is 0 Å². The molecule has 4 rings (SSSR count). The summed E-state index contributed by atoms with van der Waals surface area (Å²) in [7, 11) is 1.45. The fraction of sp³-hybridized carbons (Fsp3) is 0.250. The molecule has 1 amide bonds. The van der Waals surface area contributed by atoms with Gasteiger partial charge in [0.05, 0.1) is 17.6 Å². The second-order valence-corrected chi connectivity index (χ2v) is 8.71. The van der Waals surface area contributed by atoms with Crippen molar-refractivity contribution in [2.45, 2.75) is 18.9 Å². The molecule has 5 nitrogen and oxygen atoms in total. The standard InChI is InChI=1S/C24H21F2N3O2S/c1-31-17-6-7-18(21(26)10-17)23-19(14-4-5-15(12-27)20(25)9-14)11-22(32-23)24(30)29-8-2-3-16(28)13-29/h4-7,9-11,16H,2-3,8,13,28H2,1H3/t16-/m1/s1. The van der Waals surface area contributed by atoms with Crippen molar-refractivity contribution in [3.8, 4) is 33.4 Å². The van der Waals surface area contributed by atoms with E-state index in [9.17, 15) is 13.6 Å². The summed E-state index contributed by atoms with van der Waals surface area (Å²) >= 11 is 1.15. The predicted molar refractivity (Wildman–Crippen MR) is 119 cm³/mol. The maximum atomic E-state index is 14.9. The molecular formula is C24H21F2N3O2S. The van der Waals surface area contributed by atoms with Crippen molar-refractivity contribution in [2.24, 2.45) is 5.73 Å². The molecule has 1 saturated heterocycles. The van der Waals surface area contributed by atoms with E-state index in [0.29, 0.717) is 39.7 Å². The zero-order valence-corrected chi connectivity index (χ0v) is 18.2. The molecule has 0 unspecified atom stereocenters. The number of nitrogens with two attached hydrogens (primary N) is 1. The molecule has 32 heavy (non-hydrogen) atoms. The van der Waals surface area contributed by atoms with Crippen LogP contribution in [0.15, 0.2) is 42.5 Å². The van der Waals surface area contributed by atoms with E-state index in [1.807, 2.05) is 0 Å². The van der Waals surface area contributed by atoms with Crippen LogP contribution >= 0.6 is 11.3 Å². The van der Waals surface area contributed by atoms with Crippen molar-refractivity contribution in [3.63, 3.8) is 0 Å². The number of piperidine rings is 1. The maximum absolute atomic E-state index is 14.9. The van der Waals surface area contributed by atoms with Crippen LogP contribution in [0.2, 0.25) is 0 Å². The van der Waals surface area contributed by atoms with Gasteiger partial charge in [-0.25, -0.2) is 8.78 Å². The summed E-state index contributed by atoms with van der Waals surface area (Å²) in [4.78, 5) is 15.8. The minimum Gasteiger partial charge on any atom is -0.497 e. The Morgan fingerprint density at radius 2 is 2.00 bits per heavy atom. The number of methoxy groups -OCH3 is 1. The van der Waals surface area contributed by atoms with Gasteiger partial charge in [-0.2, -0.15) is 5.26 Å². The van der Waals surface area contributed by atoms with Gasteiger partial charge in [-0.3, -0.25) is 4.79 Å². The Hall–Kier alpha value is -3.28. The number of thiophene rings is 1. The van der Waals surface area contributed by atoms with Crippen LogP contribution in [0.4, 0.5) is 8.78 Å². The number of carbonyl (C=O) groups is 1. The highest BCUT2D eigenvalue weighted by molar-refractivity contribution is 7.18. The summed E-state index contributed by atoms with van der Waals surface area (Å²) in [6.45, 7) is 1.07. The number of likely N-dealkylation sites (tertiary alicyclic amines) is 1. The smallest absolute Gasteiger partial charge is 0.264 e. The van der Waals surface area contributed by atoms with Gasteiger partial charge in [0.1, 0.15) is 23.5 Å². The highest BCUT2D eigenvalue weighted by Gasteiger charge is 2.26. The van der Waals surface area contributed by atoms with Crippen molar-refractivity contribution in [1.82, 2.24) is 4.90 Å². The third kappa shape index (κ3) is 4.22. The first-order valence-electron chi connectivity index (χ1n) is 10.1. The fourth-order valence-electron chi connectivity index (χ4n) is 3.84. The van der Waals surface area contributed by atoms with Crippen molar-refractivity contribution in [1.29, 1.82) is 5.26 Å². The molecule has 8 heteroatoms. The van der Waals surface area contributed by atoms with E-state index < -0.39 is 11.6 Å². The number of hydrogen-bond acceptors (Lipinski definition) is 5. The second kappa shape index (κ2) is 9.07. The Labute approximate surface area is 188 Å². The van der Waals surface area contributed by atoms with Gasteiger partial charge in [0.25, 0.3) is 5.91 Å². The number of rotatable bonds is 4. The Bertz CT molecular complexity index is 1220. The minimum absolute atomic E-state index is 0.0711. The van der Waals surface area contributed by atoms with Crippen LogP contribution in [0.25, 0.3) is 21.6 Å². The average molecular weight is 454 g/mol. The lowest BCUT2D eigenvalue weighted by atomic mass is 10.00. The first-order chi connectivity index (χ1) is 15.4. The van der Waals surface area contributed by atoms with Crippen LogP contribution in [-0.4, -0.2) is 37.0 Å². The molecule has 1 fully saturated rings. The number of halogens is 2. The molecule has 1 atom stereocenters. The maximum Gasteiger partial charge on any atom is 0.264 e. The van der Waals surface area contributed by atoms with E-state index in [1.165, 1.54) is 25.3 Å². The number of amides is 1. The van der Waals surface area contributed by atoms with Gasteiger partial charge >= 0.3 is 0 Å². The lowest BCUT2D eigenvalue weighted by Gasteiger charge is -2.30. The van der Waals surface area contributed by atoms with Gasteiger partial charge in [0.15, 0.2) is 0 Å². The van der Waals surface area contributed by atoms with E-state index in [-0.39, 0.29) is 23.1 Å². The number of hydrogen-bond donors (Lipinski definition) is 1.